The maximum atomic E-state index is 12.7. The molecule has 1 saturated carbocycles. The first-order valence-electron chi connectivity index (χ1n) is 9.77. The van der Waals surface area contributed by atoms with Gasteiger partial charge in [0.05, 0.1) is 6.42 Å². The largest absolute Gasteiger partial charge is 0.462 e. The van der Waals surface area contributed by atoms with Gasteiger partial charge in [-0.25, -0.2) is 0 Å². The molecule has 29 heavy (non-hydrogen) atoms. The number of Topliss-reactive ketones (excluding diaryl/α,β-unsaturated/α-hetero) is 1. The SMILES string of the molecule is C=C1C[C@H](OC(C)=O)[C@@H](C(C)C)[C@@H](OC(C)=O)[C@H]2O[C@@]2(C)[C@@H](OC(C)=O)CC1=O. The second-order valence-electron chi connectivity index (χ2n) is 8.30. The van der Waals surface area contributed by atoms with Crippen LogP contribution in [0.4, 0.5) is 0 Å². The van der Waals surface area contributed by atoms with Gasteiger partial charge in [0.1, 0.15) is 30.0 Å². The van der Waals surface area contributed by atoms with Crippen molar-refractivity contribution >= 4 is 23.7 Å². The molecular formula is C21H30O8. The van der Waals surface area contributed by atoms with Gasteiger partial charge >= 0.3 is 17.9 Å². The molecule has 0 N–H and O–H groups in total. The van der Waals surface area contributed by atoms with E-state index in [4.69, 9.17) is 18.9 Å². The Hall–Kier alpha value is -2.22. The van der Waals surface area contributed by atoms with Gasteiger partial charge in [-0.3, -0.25) is 19.2 Å². The second-order valence-corrected chi connectivity index (χ2v) is 8.30. The zero-order chi connectivity index (χ0) is 22.1. The van der Waals surface area contributed by atoms with E-state index in [9.17, 15) is 19.2 Å². The Bertz CT molecular complexity index is 711. The van der Waals surface area contributed by atoms with Crippen molar-refractivity contribution in [1.82, 2.24) is 0 Å². The van der Waals surface area contributed by atoms with E-state index in [1.165, 1.54) is 20.8 Å². The number of carbonyl (C=O) groups excluding carboxylic acids is 4. The summed E-state index contributed by atoms with van der Waals surface area (Å²) in [5, 5.41) is 0. The molecule has 8 nitrogen and oxygen atoms in total. The molecule has 0 unspecified atom stereocenters. The van der Waals surface area contributed by atoms with E-state index in [1.54, 1.807) is 6.92 Å². The maximum absolute atomic E-state index is 12.7. The molecule has 0 aromatic carbocycles. The van der Waals surface area contributed by atoms with Crippen molar-refractivity contribution in [1.29, 1.82) is 0 Å². The topological polar surface area (TPSA) is 108 Å². The highest BCUT2D eigenvalue weighted by atomic mass is 16.7. The number of fused-ring (bicyclic) bond motifs is 1. The quantitative estimate of drug-likeness (QED) is 0.300. The van der Waals surface area contributed by atoms with Crippen molar-refractivity contribution in [3.8, 4) is 0 Å². The molecule has 0 aromatic rings. The van der Waals surface area contributed by atoms with Gasteiger partial charge in [0.25, 0.3) is 0 Å². The summed E-state index contributed by atoms with van der Waals surface area (Å²) in [6.07, 6.45) is -2.94. The predicted molar refractivity (Wildman–Crippen MR) is 102 cm³/mol. The number of ether oxygens (including phenoxy) is 4. The van der Waals surface area contributed by atoms with Gasteiger partial charge in [0.15, 0.2) is 5.78 Å². The molecule has 1 saturated heterocycles. The van der Waals surface area contributed by atoms with Crippen molar-refractivity contribution < 1.29 is 38.1 Å². The van der Waals surface area contributed by atoms with E-state index >= 15 is 0 Å². The van der Waals surface area contributed by atoms with Gasteiger partial charge in [0, 0.05) is 33.1 Å². The van der Waals surface area contributed by atoms with Crippen molar-refractivity contribution in [2.45, 2.75) is 84.4 Å². The van der Waals surface area contributed by atoms with Gasteiger partial charge in [0.2, 0.25) is 0 Å². The summed E-state index contributed by atoms with van der Waals surface area (Å²) in [5.74, 6) is -2.37. The number of rotatable bonds is 4. The zero-order valence-corrected chi connectivity index (χ0v) is 17.9. The van der Waals surface area contributed by atoms with Crippen molar-refractivity contribution in [3.05, 3.63) is 12.2 Å². The smallest absolute Gasteiger partial charge is 0.303 e. The maximum Gasteiger partial charge on any atom is 0.303 e. The fourth-order valence-corrected chi connectivity index (χ4v) is 4.15. The second kappa shape index (κ2) is 8.65. The van der Waals surface area contributed by atoms with Crippen molar-refractivity contribution in [2.75, 3.05) is 0 Å². The Morgan fingerprint density at radius 2 is 1.59 bits per heavy atom. The molecule has 0 radical (unpaired) electrons. The van der Waals surface area contributed by atoms with E-state index < -0.39 is 53.8 Å². The van der Waals surface area contributed by atoms with Crippen LogP contribution < -0.4 is 0 Å². The van der Waals surface area contributed by atoms with Gasteiger partial charge in [-0.1, -0.05) is 20.4 Å². The number of hydrogen-bond donors (Lipinski definition) is 0. The summed E-state index contributed by atoms with van der Waals surface area (Å²) >= 11 is 0. The van der Waals surface area contributed by atoms with Crippen LogP contribution in [0.1, 0.15) is 54.4 Å². The van der Waals surface area contributed by atoms with E-state index in [2.05, 4.69) is 6.58 Å². The fraction of sp³-hybridized carbons (Fsp3) is 0.714. The van der Waals surface area contributed by atoms with Crippen LogP contribution in [-0.4, -0.2) is 53.7 Å². The summed E-state index contributed by atoms with van der Waals surface area (Å²) in [4.78, 5) is 47.9. The monoisotopic (exact) mass is 410 g/mol. The molecule has 0 aromatic heterocycles. The minimum Gasteiger partial charge on any atom is -0.462 e. The van der Waals surface area contributed by atoms with Crippen LogP contribution in [0.15, 0.2) is 12.2 Å². The van der Waals surface area contributed by atoms with Crippen LogP contribution in [-0.2, 0) is 38.1 Å². The first-order valence-corrected chi connectivity index (χ1v) is 9.77. The highest BCUT2D eigenvalue weighted by molar-refractivity contribution is 5.95. The third-order valence-corrected chi connectivity index (χ3v) is 5.55. The molecule has 2 rings (SSSR count). The van der Waals surface area contributed by atoms with Gasteiger partial charge in [-0.15, -0.1) is 0 Å². The van der Waals surface area contributed by atoms with Gasteiger partial charge in [-0.05, 0) is 18.4 Å². The Morgan fingerprint density at radius 3 is 2.07 bits per heavy atom. The van der Waals surface area contributed by atoms with E-state index in [0.29, 0.717) is 0 Å². The lowest BCUT2D eigenvalue weighted by molar-refractivity contribution is -0.164. The molecule has 1 aliphatic heterocycles. The van der Waals surface area contributed by atoms with Gasteiger partial charge in [-0.2, -0.15) is 0 Å². The molecule has 162 valence electrons. The molecule has 0 spiro atoms. The first kappa shape index (κ1) is 23.1. The van der Waals surface area contributed by atoms with Crippen LogP contribution in [0, 0.1) is 11.8 Å². The Morgan fingerprint density at radius 1 is 1.03 bits per heavy atom. The summed E-state index contributed by atoms with van der Waals surface area (Å²) in [6, 6.07) is 0. The third-order valence-electron chi connectivity index (χ3n) is 5.55. The minimum atomic E-state index is -1.01. The lowest BCUT2D eigenvalue weighted by atomic mass is 9.76. The van der Waals surface area contributed by atoms with E-state index in [-0.39, 0.29) is 30.1 Å². The van der Waals surface area contributed by atoms with Crippen molar-refractivity contribution in [2.24, 2.45) is 11.8 Å². The summed E-state index contributed by atoms with van der Waals surface area (Å²) < 4.78 is 22.5. The Kier molecular flexibility index (Phi) is 6.88. The summed E-state index contributed by atoms with van der Waals surface area (Å²) in [5.41, 5.74) is -0.754. The molecule has 6 atom stereocenters. The summed E-state index contributed by atoms with van der Waals surface area (Å²) in [6.45, 7) is 13.2. The molecule has 8 heteroatoms. The van der Waals surface area contributed by atoms with Gasteiger partial charge < -0.3 is 18.9 Å². The Labute approximate surface area is 170 Å². The molecule has 0 amide bonds. The predicted octanol–water partition coefficient (Wildman–Crippen LogP) is 2.13. The number of carbonyl (C=O) groups is 4. The van der Waals surface area contributed by atoms with Crippen LogP contribution in [0.2, 0.25) is 0 Å². The lowest BCUT2D eigenvalue weighted by Crippen LogP contribution is -2.48. The Balaban J connectivity index is 2.52. The average Bonchev–Trinajstić information content (AvgIpc) is 3.24. The minimum absolute atomic E-state index is 0.0772. The standard InChI is InChI=1S/C21H30O8/c1-10(2)18-16(26-12(4)22)8-11(3)15(25)9-17(27-13(5)23)21(7)20(29-21)19(18)28-14(6)24/h10,16-20H,3,8-9H2,1-2,4-7H3/t16-,17-,18+,19+,20+,21-/m0/s1. The van der Waals surface area contributed by atoms with Crippen molar-refractivity contribution in [3.63, 3.8) is 0 Å². The number of epoxide rings is 1. The molecule has 0 bridgehead atoms. The first-order chi connectivity index (χ1) is 13.4. The van der Waals surface area contributed by atoms with Crippen LogP contribution in [0.3, 0.4) is 0 Å². The van der Waals surface area contributed by atoms with Crippen LogP contribution >= 0.6 is 0 Å². The molecule has 1 aliphatic carbocycles. The third kappa shape index (κ3) is 5.23. The zero-order valence-electron chi connectivity index (χ0n) is 17.9. The summed E-state index contributed by atoms with van der Waals surface area (Å²) in [7, 11) is 0. The lowest BCUT2D eigenvalue weighted by Gasteiger charge is -2.36. The molecular weight excluding hydrogens is 380 g/mol. The van der Waals surface area contributed by atoms with E-state index in [1.807, 2.05) is 13.8 Å². The highest BCUT2D eigenvalue weighted by Gasteiger charge is 2.66. The number of esters is 3. The average molecular weight is 410 g/mol. The molecule has 2 fully saturated rings. The van der Waals surface area contributed by atoms with Crippen LogP contribution in [0.25, 0.3) is 0 Å². The van der Waals surface area contributed by atoms with Crippen LogP contribution in [0.5, 0.6) is 0 Å². The highest BCUT2D eigenvalue weighted by Crippen LogP contribution is 2.49. The molecule has 2 aliphatic rings. The molecule has 1 heterocycles. The number of ketones is 1. The number of hydrogen-bond acceptors (Lipinski definition) is 8. The van der Waals surface area contributed by atoms with E-state index in [0.717, 1.165) is 0 Å². The normalized spacial score (nSPS) is 34.8. The fourth-order valence-electron chi connectivity index (χ4n) is 4.15.